The van der Waals surface area contributed by atoms with E-state index in [0.717, 1.165) is 5.56 Å². The van der Waals surface area contributed by atoms with Gasteiger partial charge in [0.25, 0.3) is 0 Å². The number of carboxylic acids is 1. The number of carbonyl (C=O) groups is 1. The summed E-state index contributed by atoms with van der Waals surface area (Å²) in [5.74, 6) is -0.632. The van der Waals surface area contributed by atoms with Crippen molar-refractivity contribution in [3.8, 4) is 5.75 Å². The van der Waals surface area contributed by atoms with Gasteiger partial charge in [-0.3, -0.25) is 0 Å². The maximum absolute atomic E-state index is 10.1. The third-order valence-corrected chi connectivity index (χ3v) is 1.70. The van der Waals surface area contributed by atoms with Crippen LogP contribution in [0.25, 0.3) is 0 Å². The fourth-order valence-corrected chi connectivity index (χ4v) is 1.08. The largest absolute Gasteiger partial charge is 0.479 e. The molecule has 0 saturated carbocycles. The van der Waals surface area contributed by atoms with E-state index in [1.807, 2.05) is 0 Å². The van der Waals surface area contributed by atoms with E-state index in [9.17, 15) is 4.79 Å². The van der Waals surface area contributed by atoms with Crippen molar-refractivity contribution in [3.63, 3.8) is 0 Å². The molecular weight excluding hydrogens is 208 g/mol. The molecule has 1 aromatic carbocycles. The molecule has 14 heavy (non-hydrogen) atoms. The van der Waals surface area contributed by atoms with Gasteiger partial charge in [0.1, 0.15) is 0 Å². The highest BCUT2D eigenvalue weighted by molar-refractivity contribution is 6.30. The number of aryl methyl sites for hydroxylation is 1. The lowest BCUT2D eigenvalue weighted by Gasteiger charge is -2.05. The summed E-state index contributed by atoms with van der Waals surface area (Å²) in [4.78, 5) is 19.3. The molecule has 0 radical (unpaired) electrons. The summed E-state index contributed by atoms with van der Waals surface area (Å²) in [5, 5.41) is 8.87. The standard InChI is InChI=1S/C9H9ClO4/c1-6-4-7(10)2-3-8(6)14-13-5-9(11)12/h2-4H,5H2,1H3,(H,11,12). The molecule has 0 aliphatic rings. The maximum atomic E-state index is 10.1. The molecule has 0 unspecified atom stereocenters. The molecule has 0 atom stereocenters. The fraction of sp³-hybridized carbons (Fsp3) is 0.222. The lowest BCUT2D eigenvalue weighted by molar-refractivity contribution is -0.214. The van der Waals surface area contributed by atoms with Crippen LogP contribution in [0.3, 0.4) is 0 Å². The van der Waals surface area contributed by atoms with Crippen LogP contribution in [0.15, 0.2) is 18.2 Å². The van der Waals surface area contributed by atoms with E-state index in [2.05, 4.69) is 4.89 Å². The van der Waals surface area contributed by atoms with E-state index in [1.165, 1.54) is 0 Å². The van der Waals surface area contributed by atoms with E-state index in [0.29, 0.717) is 10.8 Å². The molecule has 0 saturated heterocycles. The lowest BCUT2D eigenvalue weighted by atomic mass is 10.2. The van der Waals surface area contributed by atoms with E-state index >= 15 is 0 Å². The summed E-state index contributed by atoms with van der Waals surface area (Å²) in [6.45, 7) is 1.29. The topological polar surface area (TPSA) is 55.8 Å². The van der Waals surface area contributed by atoms with Gasteiger partial charge in [-0.15, -0.1) is 0 Å². The van der Waals surface area contributed by atoms with Crippen molar-refractivity contribution in [1.82, 2.24) is 0 Å². The molecule has 0 bridgehead atoms. The van der Waals surface area contributed by atoms with Gasteiger partial charge in [-0.25, -0.2) is 4.79 Å². The van der Waals surface area contributed by atoms with Crippen LogP contribution in [0, 0.1) is 6.92 Å². The Kier molecular flexibility index (Phi) is 3.73. The number of aliphatic carboxylic acids is 1. The third kappa shape index (κ3) is 3.24. The zero-order valence-corrected chi connectivity index (χ0v) is 8.25. The molecular formula is C9H9ClO4. The Bertz CT molecular complexity index is 338. The van der Waals surface area contributed by atoms with Crippen molar-refractivity contribution in [2.24, 2.45) is 0 Å². The summed E-state index contributed by atoms with van der Waals surface area (Å²) < 4.78 is 0. The molecule has 4 nitrogen and oxygen atoms in total. The van der Waals surface area contributed by atoms with E-state index < -0.39 is 12.6 Å². The van der Waals surface area contributed by atoms with Gasteiger partial charge < -0.3 is 9.99 Å². The van der Waals surface area contributed by atoms with Crippen LogP contribution in [-0.4, -0.2) is 17.7 Å². The van der Waals surface area contributed by atoms with Gasteiger partial charge in [0.15, 0.2) is 12.4 Å². The Morgan fingerprint density at radius 1 is 1.57 bits per heavy atom. The number of hydrogen-bond acceptors (Lipinski definition) is 3. The first-order chi connectivity index (χ1) is 6.59. The molecule has 5 heteroatoms. The van der Waals surface area contributed by atoms with Crippen molar-refractivity contribution in [2.75, 3.05) is 6.61 Å². The molecule has 1 rings (SSSR count). The third-order valence-electron chi connectivity index (χ3n) is 1.47. The number of rotatable bonds is 4. The van der Waals surface area contributed by atoms with Gasteiger partial charge >= 0.3 is 5.97 Å². The minimum absolute atomic E-state index is 0.454. The van der Waals surface area contributed by atoms with Gasteiger partial charge in [0, 0.05) is 5.02 Å². The Morgan fingerprint density at radius 3 is 2.86 bits per heavy atom. The minimum Gasteiger partial charge on any atom is -0.479 e. The summed E-state index contributed by atoms with van der Waals surface area (Å²) in [6.07, 6.45) is 0. The van der Waals surface area contributed by atoms with E-state index in [4.69, 9.17) is 21.6 Å². The zero-order chi connectivity index (χ0) is 10.6. The lowest BCUT2D eigenvalue weighted by Crippen LogP contribution is -2.09. The molecule has 0 aliphatic carbocycles. The number of carboxylic acid groups (broad SMARTS) is 1. The second-order valence-corrected chi connectivity index (χ2v) is 3.09. The Hall–Kier alpha value is -1.26. The molecule has 0 aromatic heterocycles. The number of hydrogen-bond donors (Lipinski definition) is 1. The highest BCUT2D eigenvalue weighted by atomic mass is 35.5. The predicted molar refractivity (Wildman–Crippen MR) is 50.4 cm³/mol. The molecule has 0 heterocycles. The van der Waals surface area contributed by atoms with Crippen LogP contribution in [0.5, 0.6) is 5.75 Å². The van der Waals surface area contributed by atoms with Crippen LogP contribution >= 0.6 is 11.6 Å². The fourth-order valence-electron chi connectivity index (χ4n) is 0.850. The normalized spacial score (nSPS) is 9.86. The van der Waals surface area contributed by atoms with Crippen LogP contribution in [0.4, 0.5) is 0 Å². The average Bonchev–Trinajstić information content (AvgIpc) is 2.08. The van der Waals surface area contributed by atoms with Crippen molar-refractivity contribution in [2.45, 2.75) is 6.92 Å². The second-order valence-electron chi connectivity index (χ2n) is 2.65. The summed E-state index contributed by atoms with van der Waals surface area (Å²) in [7, 11) is 0. The molecule has 0 fully saturated rings. The van der Waals surface area contributed by atoms with Gasteiger partial charge in [-0.05, 0) is 30.7 Å². The molecule has 0 aliphatic heterocycles. The predicted octanol–water partition coefficient (Wildman–Crippen LogP) is 2.04. The number of halogens is 1. The van der Waals surface area contributed by atoms with Crippen molar-refractivity contribution in [3.05, 3.63) is 28.8 Å². The minimum atomic E-state index is -1.09. The first-order valence-electron chi connectivity index (χ1n) is 3.87. The van der Waals surface area contributed by atoms with Gasteiger partial charge in [-0.1, -0.05) is 11.6 Å². The summed E-state index contributed by atoms with van der Waals surface area (Å²) in [6, 6.07) is 4.94. The SMILES string of the molecule is Cc1cc(Cl)ccc1OOCC(=O)O. The van der Waals surface area contributed by atoms with E-state index in [-0.39, 0.29) is 0 Å². The van der Waals surface area contributed by atoms with Gasteiger partial charge in [0.05, 0.1) is 0 Å². The van der Waals surface area contributed by atoms with Crippen LogP contribution in [0.2, 0.25) is 5.02 Å². The first kappa shape index (κ1) is 10.8. The quantitative estimate of drug-likeness (QED) is 0.618. The molecule has 0 spiro atoms. The maximum Gasteiger partial charge on any atom is 0.334 e. The Morgan fingerprint density at radius 2 is 2.29 bits per heavy atom. The van der Waals surface area contributed by atoms with Crippen LogP contribution in [0.1, 0.15) is 5.56 Å². The zero-order valence-electron chi connectivity index (χ0n) is 7.49. The monoisotopic (exact) mass is 216 g/mol. The van der Waals surface area contributed by atoms with Crippen LogP contribution in [-0.2, 0) is 9.68 Å². The van der Waals surface area contributed by atoms with Crippen LogP contribution < -0.4 is 4.89 Å². The molecule has 76 valence electrons. The second kappa shape index (κ2) is 4.83. The molecule has 1 aromatic rings. The molecule has 1 N–H and O–H groups in total. The first-order valence-corrected chi connectivity index (χ1v) is 4.25. The Balaban J connectivity index is 2.55. The van der Waals surface area contributed by atoms with Crippen molar-refractivity contribution < 1.29 is 19.7 Å². The van der Waals surface area contributed by atoms with Gasteiger partial charge in [-0.2, -0.15) is 4.89 Å². The van der Waals surface area contributed by atoms with Crippen molar-refractivity contribution >= 4 is 17.6 Å². The van der Waals surface area contributed by atoms with Gasteiger partial charge in [0.2, 0.25) is 0 Å². The average molecular weight is 217 g/mol. The highest BCUT2D eigenvalue weighted by Gasteiger charge is 2.03. The van der Waals surface area contributed by atoms with Crippen molar-refractivity contribution in [1.29, 1.82) is 0 Å². The summed E-state index contributed by atoms with van der Waals surface area (Å²) >= 11 is 5.71. The number of benzene rings is 1. The smallest absolute Gasteiger partial charge is 0.334 e. The highest BCUT2D eigenvalue weighted by Crippen LogP contribution is 2.21. The molecule has 0 amide bonds. The van der Waals surface area contributed by atoms with E-state index in [1.54, 1.807) is 25.1 Å². The summed E-state index contributed by atoms with van der Waals surface area (Å²) in [5.41, 5.74) is 0.780. The Labute approximate surface area is 85.9 Å².